The minimum absolute atomic E-state index is 0.00727. The molecule has 1 aliphatic carbocycles. The lowest BCUT2D eigenvalue weighted by Gasteiger charge is -2.53. The van der Waals surface area contributed by atoms with Gasteiger partial charge in [-0.1, -0.05) is 42.5 Å². The quantitative estimate of drug-likeness (QED) is 0.229. The first-order valence-corrected chi connectivity index (χ1v) is 17.6. The highest BCUT2D eigenvalue weighted by Gasteiger charge is 2.48. The number of aromatic nitrogens is 1. The molecule has 0 unspecified atom stereocenters. The molecule has 2 aliphatic heterocycles. The zero-order chi connectivity index (χ0) is 34.8. The number of benzene rings is 3. The maximum Gasteiger partial charge on any atom is 0.268 e. The molecular weight excluding hydrogens is 624 g/mol. The van der Waals surface area contributed by atoms with Gasteiger partial charge in [-0.15, -0.1) is 0 Å². The second kappa shape index (κ2) is 14.1. The van der Waals surface area contributed by atoms with E-state index in [-0.39, 0.29) is 23.3 Å². The van der Waals surface area contributed by atoms with Crippen LogP contribution in [0.15, 0.2) is 91.0 Å². The third-order valence-corrected chi connectivity index (χ3v) is 10.6. The molecule has 7 rings (SSSR count). The van der Waals surface area contributed by atoms with E-state index in [1.54, 1.807) is 19.0 Å². The standard InChI is InChI=1S/C41H46N6O3/c1-44(2)40(50)33-11-7-30(8-12-33)27-46-24-25-47-36(19-20-37(47)41(46)21-5-22-41)39(49)42-26-29-9-17-35(18-10-29)43-38(48)32-15-13-31(14-16-32)34-6-4-23-45(3)28-34/h6-20H,4-5,21-28H2,1-3H3,(H,42,49)(H,43,48). The van der Waals surface area contributed by atoms with Gasteiger partial charge in [0.2, 0.25) is 0 Å². The first kappa shape index (κ1) is 33.5. The molecule has 3 aromatic carbocycles. The number of rotatable bonds is 9. The molecule has 1 fully saturated rings. The lowest BCUT2D eigenvalue weighted by molar-refractivity contribution is -0.0217. The van der Waals surface area contributed by atoms with E-state index < -0.39 is 0 Å². The highest BCUT2D eigenvalue weighted by molar-refractivity contribution is 6.04. The van der Waals surface area contributed by atoms with E-state index >= 15 is 0 Å². The minimum atomic E-state index is -0.150. The monoisotopic (exact) mass is 670 g/mol. The van der Waals surface area contributed by atoms with Crippen molar-refractivity contribution in [3.8, 4) is 0 Å². The van der Waals surface area contributed by atoms with Crippen LogP contribution in [0.4, 0.5) is 5.69 Å². The molecule has 0 atom stereocenters. The molecule has 0 radical (unpaired) electrons. The Balaban J connectivity index is 0.942. The van der Waals surface area contributed by atoms with Crippen LogP contribution in [0.5, 0.6) is 0 Å². The summed E-state index contributed by atoms with van der Waals surface area (Å²) in [6.45, 7) is 4.80. The molecule has 9 nitrogen and oxygen atoms in total. The van der Waals surface area contributed by atoms with Gasteiger partial charge in [0, 0.05) is 75.9 Å². The molecule has 9 heteroatoms. The molecule has 1 saturated carbocycles. The summed E-state index contributed by atoms with van der Waals surface area (Å²) in [5.74, 6) is -0.229. The first-order valence-electron chi connectivity index (χ1n) is 17.6. The van der Waals surface area contributed by atoms with Crippen molar-refractivity contribution in [2.24, 2.45) is 0 Å². The van der Waals surface area contributed by atoms with Crippen LogP contribution in [0.2, 0.25) is 0 Å². The van der Waals surface area contributed by atoms with Crippen LogP contribution in [0.25, 0.3) is 5.57 Å². The summed E-state index contributed by atoms with van der Waals surface area (Å²) in [6.07, 6.45) is 6.63. The maximum atomic E-state index is 13.4. The second-order valence-electron chi connectivity index (χ2n) is 14.1. The van der Waals surface area contributed by atoms with Crippen LogP contribution in [0.3, 0.4) is 0 Å². The molecule has 258 valence electrons. The Kier molecular flexibility index (Phi) is 9.44. The zero-order valence-corrected chi connectivity index (χ0v) is 29.2. The largest absolute Gasteiger partial charge is 0.347 e. The lowest BCUT2D eigenvalue weighted by Crippen LogP contribution is -2.56. The van der Waals surface area contributed by atoms with E-state index in [1.807, 2.05) is 66.7 Å². The van der Waals surface area contributed by atoms with Gasteiger partial charge in [-0.2, -0.15) is 0 Å². The number of nitrogens with one attached hydrogen (secondary N) is 2. The Morgan fingerprint density at radius 1 is 0.780 bits per heavy atom. The fourth-order valence-electron chi connectivity index (χ4n) is 7.58. The van der Waals surface area contributed by atoms with E-state index in [0.717, 1.165) is 63.1 Å². The molecule has 0 bridgehead atoms. The predicted octanol–water partition coefficient (Wildman–Crippen LogP) is 5.99. The van der Waals surface area contributed by atoms with Crippen molar-refractivity contribution in [1.29, 1.82) is 0 Å². The van der Waals surface area contributed by atoms with Crippen LogP contribution in [0.1, 0.15) is 79.3 Å². The van der Waals surface area contributed by atoms with Crippen molar-refractivity contribution >= 4 is 29.0 Å². The summed E-state index contributed by atoms with van der Waals surface area (Å²) >= 11 is 0. The third-order valence-electron chi connectivity index (χ3n) is 10.6. The van der Waals surface area contributed by atoms with Crippen LogP contribution in [-0.2, 0) is 25.2 Å². The lowest BCUT2D eigenvalue weighted by atomic mass is 9.71. The average molecular weight is 671 g/mol. The fourth-order valence-corrected chi connectivity index (χ4v) is 7.58. The van der Waals surface area contributed by atoms with Gasteiger partial charge in [-0.3, -0.25) is 19.3 Å². The van der Waals surface area contributed by atoms with E-state index in [1.165, 1.54) is 23.3 Å². The van der Waals surface area contributed by atoms with Gasteiger partial charge in [0.25, 0.3) is 17.7 Å². The topological polar surface area (TPSA) is 89.9 Å². The van der Waals surface area contributed by atoms with Crippen LogP contribution < -0.4 is 10.6 Å². The van der Waals surface area contributed by atoms with Crippen molar-refractivity contribution in [1.82, 2.24) is 24.6 Å². The third kappa shape index (κ3) is 6.75. The highest BCUT2D eigenvalue weighted by atomic mass is 16.2. The molecule has 4 aromatic rings. The molecule has 3 aliphatic rings. The molecule has 3 heterocycles. The average Bonchev–Trinajstić information content (AvgIpc) is 3.55. The van der Waals surface area contributed by atoms with Crippen LogP contribution >= 0.6 is 0 Å². The van der Waals surface area contributed by atoms with Gasteiger partial charge < -0.3 is 25.0 Å². The van der Waals surface area contributed by atoms with Crippen molar-refractivity contribution in [3.05, 3.63) is 130 Å². The summed E-state index contributed by atoms with van der Waals surface area (Å²) in [5.41, 5.74) is 8.45. The molecule has 0 saturated heterocycles. The van der Waals surface area contributed by atoms with Gasteiger partial charge >= 0.3 is 0 Å². The molecule has 1 spiro atoms. The molecule has 50 heavy (non-hydrogen) atoms. The highest BCUT2D eigenvalue weighted by Crippen LogP contribution is 2.49. The Bertz CT molecular complexity index is 1900. The molecular formula is C41H46N6O3. The van der Waals surface area contributed by atoms with Gasteiger partial charge in [0.05, 0.1) is 5.54 Å². The van der Waals surface area contributed by atoms with Crippen molar-refractivity contribution in [2.75, 3.05) is 46.1 Å². The number of nitrogens with zero attached hydrogens (tertiary/aromatic N) is 4. The fraction of sp³-hybridized carbons (Fsp3) is 0.341. The number of anilines is 1. The summed E-state index contributed by atoms with van der Waals surface area (Å²) in [4.78, 5) is 45.2. The first-order chi connectivity index (χ1) is 24.2. The SMILES string of the molecule is CN1CCC=C(c2ccc(C(=O)Nc3ccc(CNC(=O)c4ccc5n4CCN(Cc4ccc(C(=O)N(C)C)cc4)C54CCC4)cc3)cc2)C1. The predicted molar refractivity (Wildman–Crippen MR) is 197 cm³/mol. The number of carbonyl (C=O) groups is 3. The number of amides is 3. The zero-order valence-electron chi connectivity index (χ0n) is 29.2. The Hall–Kier alpha value is -4.99. The second-order valence-corrected chi connectivity index (χ2v) is 14.1. The Labute approximate surface area is 294 Å². The number of hydrogen-bond donors (Lipinski definition) is 2. The maximum absolute atomic E-state index is 13.4. The van der Waals surface area contributed by atoms with Crippen molar-refractivity contribution in [3.63, 3.8) is 0 Å². The molecule has 3 amide bonds. The van der Waals surface area contributed by atoms with Crippen molar-refractivity contribution in [2.45, 2.75) is 50.9 Å². The smallest absolute Gasteiger partial charge is 0.268 e. The Morgan fingerprint density at radius 3 is 2.14 bits per heavy atom. The normalized spacial score (nSPS) is 17.0. The van der Waals surface area contributed by atoms with E-state index in [9.17, 15) is 14.4 Å². The van der Waals surface area contributed by atoms with E-state index in [4.69, 9.17) is 0 Å². The number of likely N-dealkylation sites (N-methyl/N-ethyl adjacent to an activating group) is 1. The molecule has 2 N–H and O–H groups in total. The van der Waals surface area contributed by atoms with Crippen LogP contribution in [0, 0.1) is 0 Å². The number of carbonyl (C=O) groups excluding carboxylic acids is 3. The molecule has 1 aromatic heterocycles. The van der Waals surface area contributed by atoms with E-state index in [0.29, 0.717) is 29.1 Å². The van der Waals surface area contributed by atoms with Gasteiger partial charge in [0.1, 0.15) is 5.69 Å². The van der Waals surface area contributed by atoms with Crippen molar-refractivity contribution < 1.29 is 14.4 Å². The number of fused-ring (bicyclic) bond motifs is 2. The summed E-state index contributed by atoms with van der Waals surface area (Å²) in [5, 5.41) is 6.10. The summed E-state index contributed by atoms with van der Waals surface area (Å²) in [7, 11) is 5.66. The van der Waals surface area contributed by atoms with Gasteiger partial charge in [0.15, 0.2) is 0 Å². The van der Waals surface area contributed by atoms with Crippen LogP contribution in [-0.4, -0.2) is 77.8 Å². The van der Waals surface area contributed by atoms with Gasteiger partial charge in [-0.25, -0.2) is 0 Å². The summed E-state index contributed by atoms with van der Waals surface area (Å²) in [6, 6.07) is 27.5. The van der Waals surface area contributed by atoms with E-state index in [2.05, 4.69) is 56.3 Å². The van der Waals surface area contributed by atoms with Gasteiger partial charge in [-0.05, 0) is 104 Å². The number of hydrogen-bond acceptors (Lipinski definition) is 5. The minimum Gasteiger partial charge on any atom is -0.347 e. The Morgan fingerprint density at radius 2 is 1.48 bits per heavy atom. The summed E-state index contributed by atoms with van der Waals surface area (Å²) < 4.78 is 2.21.